The van der Waals surface area contributed by atoms with Gasteiger partial charge in [0.25, 0.3) is 0 Å². The molecule has 0 aliphatic rings. The predicted molar refractivity (Wildman–Crippen MR) is 66.3 cm³/mol. The average Bonchev–Trinajstić information content (AvgIpc) is 2.39. The smallest absolute Gasteiger partial charge is 0.339 e. The Labute approximate surface area is 110 Å². The van der Waals surface area contributed by atoms with Gasteiger partial charge in [-0.2, -0.15) is 0 Å². The number of aryl methyl sites for hydroxylation is 1. The van der Waals surface area contributed by atoms with E-state index in [-0.39, 0.29) is 16.3 Å². The number of benzene rings is 1. The van der Waals surface area contributed by atoms with Crippen LogP contribution in [0.3, 0.4) is 0 Å². The first-order valence-electron chi connectivity index (χ1n) is 5.14. The SMILES string of the molecule is COC(=O)C(O)c1c(Cl)c(C)cc(OC)c1OC. The summed E-state index contributed by atoms with van der Waals surface area (Å²) < 4.78 is 14.8. The lowest BCUT2D eigenvalue weighted by molar-refractivity contribution is -0.150. The van der Waals surface area contributed by atoms with Crippen molar-refractivity contribution in [3.05, 3.63) is 22.2 Å². The Bertz CT molecular complexity index is 458. The number of hydrogen-bond donors (Lipinski definition) is 1. The molecule has 5 nitrogen and oxygen atoms in total. The number of halogens is 1. The van der Waals surface area contributed by atoms with Crippen LogP contribution in [0.1, 0.15) is 17.2 Å². The minimum Gasteiger partial charge on any atom is -0.493 e. The van der Waals surface area contributed by atoms with Gasteiger partial charge in [-0.05, 0) is 18.6 Å². The van der Waals surface area contributed by atoms with Crippen molar-refractivity contribution in [3.63, 3.8) is 0 Å². The molecule has 0 aliphatic carbocycles. The molecule has 1 atom stereocenters. The van der Waals surface area contributed by atoms with Crippen molar-refractivity contribution in [3.8, 4) is 11.5 Å². The lowest BCUT2D eigenvalue weighted by atomic mass is 10.0. The number of aliphatic hydroxyl groups excluding tert-OH is 1. The number of carbonyl (C=O) groups is 1. The summed E-state index contributed by atoms with van der Waals surface area (Å²) in [5.41, 5.74) is 0.801. The number of esters is 1. The third-order valence-electron chi connectivity index (χ3n) is 2.52. The average molecular weight is 275 g/mol. The molecule has 18 heavy (non-hydrogen) atoms. The minimum absolute atomic E-state index is 0.142. The van der Waals surface area contributed by atoms with Gasteiger partial charge in [-0.1, -0.05) is 11.6 Å². The van der Waals surface area contributed by atoms with Crippen molar-refractivity contribution in [2.45, 2.75) is 13.0 Å². The van der Waals surface area contributed by atoms with Gasteiger partial charge in [0.15, 0.2) is 17.6 Å². The Kier molecular flexibility index (Phi) is 4.81. The second-order valence-corrected chi connectivity index (χ2v) is 3.96. The second kappa shape index (κ2) is 5.93. The molecule has 0 saturated carbocycles. The summed E-state index contributed by atoms with van der Waals surface area (Å²) >= 11 is 6.10. The fraction of sp³-hybridized carbons (Fsp3) is 0.417. The van der Waals surface area contributed by atoms with Crippen LogP contribution in [0, 0.1) is 6.92 Å². The molecule has 1 unspecified atom stereocenters. The predicted octanol–water partition coefficient (Wildman–Crippen LogP) is 1.87. The molecule has 0 spiro atoms. The molecule has 0 aliphatic heterocycles. The Hall–Kier alpha value is -1.46. The van der Waals surface area contributed by atoms with Crippen molar-refractivity contribution in [1.82, 2.24) is 0 Å². The minimum atomic E-state index is -1.52. The number of ether oxygens (including phenoxy) is 3. The van der Waals surface area contributed by atoms with Crippen LogP contribution in [0.2, 0.25) is 5.02 Å². The fourth-order valence-electron chi connectivity index (χ4n) is 1.61. The van der Waals surface area contributed by atoms with Crippen LogP contribution in [0.25, 0.3) is 0 Å². The van der Waals surface area contributed by atoms with Crippen molar-refractivity contribution >= 4 is 17.6 Å². The molecule has 0 fully saturated rings. The molecule has 6 heteroatoms. The van der Waals surface area contributed by atoms with Crippen LogP contribution in [0.5, 0.6) is 11.5 Å². The van der Waals surface area contributed by atoms with E-state index in [1.165, 1.54) is 21.3 Å². The summed E-state index contributed by atoms with van der Waals surface area (Å²) in [6.45, 7) is 1.73. The van der Waals surface area contributed by atoms with E-state index >= 15 is 0 Å². The quantitative estimate of drug-likeness (QED) is 0.849. The molecule has 1 aromatic carbocycles. The van der Waals surface area contributed by atoms with Gasteiger partial charge in [0, 0.05) is 0 Å². The maximum Gasteiger partial charge on any atom is 0.339 e. The van der Waals surface area contributed by atoms with Crippen LogP contribution in [-0.4, -0.2) is 32.4 Å². The Morgan fingerprint density at radius 3 is 2.39 bits per heavy atom. The summed E-state index contributed by atoms with van der Waals surface area (Å²) in [5, 5.41) is 10.2. The molecular formula is C12H15ClO5. The summed E-state index contributed by atoms with van der Waals surface area (Å²) in [6, 6.07) is 1.66. The van der Waals surface area contributed by atoms with Gasteiger partial charge in [0.2, 0.25) is 0 Å². The van der Waals surface area contributed by atoms with Crippen molar-refractivity contribution < 1.29 is 24.1 Å². The standard InChI is InChI=1S/C12H15ClO5/c1-6-5-7(16-2)11(17-3)8(9(6)13)10(14)12(15)18-4/h5,10,14H,1-4H3. The molecule has 0 radical (unpaired) electrons. The zero-order valence-corrected chi connectivity index (χ0v) is 11.4. The van der Waals surface area contributed by atoms with Gasteiger partial charge in [0.1, 0.15) is 0 Å². The summed E-state index contributed by atoms with van der Waals surface area (Å²) in [7, 11) is 4.04. The first-order chi connectivity index (χ1) is 8.47. The normalized spacial score (nSPS) is 11.9. The highest BCUT2D eigenvalue weighted by atomic mass is 35.5. The molecule has 1 aromatic rings. The van der Waals surface area contributed by atoms with Gasteiger partial charge in [-0.3, -0.25) is 0 Å². The molecule has 0 heterocycles. The molecular weight excluding hydrogens is 260 g/mol. The van der Waals surface area contributed by atoms with Crippen molar-refractivity contribution in [1.29, 1.82) is 0 Å². The largest absolute Gasteiger partial charge is 0.493 e. The van der Waals surface area contributed by atoms with E-state index < -0.39 is 12.1 Å². The first-order valence-corrected chi connectivity index (χ1v) is 5.52. The number of carbonyl (C=O) groups excluding carboxylic acids is 1. The highest BCUT2D eigenvalue weighted by Gasteiger charge is 2.28. The van der Waals surface area contributed by atoms with E-state index in [2.05, 4.69) is 4.74 Å². The third kappa shape index (κ3) is 2.52. The summed E-state index contributed by atoms with van der Waals surface area (Å²) in [5.74, 6) is -0.216. The molecule has 1 N–H and O–H groups in total. The maximum atomic E-state index is 11.4. The fourth-order valence-corrected chi connectivity index (χ4v) is 1.85. The van der Waals surface area contributed by atoms with Gasteiger partial charge >= 0.3 is 5.97 Å². The molecule has 100 valence electrons. The third-order valence-corrected chi connectivity index (χ3v) is 3.02. The molecule has 0 amide bonds. The summed E-state index contributed by atoms with van der Waals surface area (Å²) in [6.07, 6.45) is -1.52. The van der Waals surface area contributed by atoms with Gasteiger partial charge in [-0.15, -0.1) is 0 Å². The number of aliphatic hydroxyl groups is 1. The number of rotatable bonds is 4. The van der Waals surface area contributed by atoms with Crippen LogP contribution >= 0.6 is 11.6 Å². The highest BCUT2D eigenvalue weighted by Crippen LogP contribution is 2.42. The van der Waals surface area contributed by atoms with Crippen LogP contribution in [0.4, 0.5) is 0 Å². The van der Waals surface area contributed by atoms with Crippen LogP contribution in [0.15, 0.2) is 6.07 Å². The lowest BCUT2D eigenvalue weighted by Crippen LogP contribution is -2.15. The highest BCUT2D eigenvalue weighted by molar-refractivity contribution is 6.32. The van der Waals surface area contributed by atoms with Gasteiger partial charge in [-0.25, -0.2) is 4.79 Å². The van der Waals surface area contributed by atoms with Gasteiger partial charge in [0.05, 0.1) is 31.9 Å². The number of hydrogen-bond acceptors (Lipinski definition) is 5. The van der Waals surface area contributed by atoms with E-state index in [4.69, 9.17) is 21.1 Å². The zero-order valence-electron chi connectivity index (χ0n) is 10.6. The first kappa shape index (κ1) is 14.6. The van der Waals surface area contributed by atoms with E-state index in [1.54, 1.807) is 13.0 Å². The topological polar surface area (TPSA) is 65.0 Å². The van der Waals surface area contributed by atoms with E-state index in [1.807, 2.05) is 0 Å². The molecule has 1 rings (SSSR count). The molecule has 0 saturated heterocycles. The Morgan fingerprint density at radius 1 is 1.33 bits per heavy atom. The molecule has 0 aromatic heterocycles. The Balaban J connectivity index is 3.48. The van der Waals surface area contributed by atoms with E-state index in [0.717, 1.165) is 0 Å². The second-order valence-electron chi connectivity index (χ2n) is 3.58. The van der Waals surface area contributed by atoms with E-state index in [0.29, 0.717) is 11.3 Å². The lowest BCUT2D eigenvalue weighted by Gasteiger charge is -2.18. The molecule has 0 bridgehead atoms. The maximum absolute atomic E-state index is 11.4. The zero-order chi connectivity index (χ0) is 13.9. The van der Waals surface area contributed by atoms with Crippen LogP contribution < -0.4 is 9.47 Å². The van der Waals surface area contributed by atoms with Crippen molar-refractivity contribution in [2.24, 2.45) is 0 Å². The van der Waals surface area contributed by atoms with Crippen molar-refractivity contribution in [2.75, 3.05) is 21.3 Å². The number of methoxy groups -OCH3 is 3. The van der Waals surface area contributed by atoms with Crippen LogP contribution in [-0.2, 0) is 9.53 Å². The van der Waals surface area contributed by atoms with E-state index in [9.17, 15) is 9.90 Å². The van der Waals surface area contributed by atoms with Gasteiger partial charge < -0.3 is 19.3 Å². The monoisotopic (exact) mass is 274 g/mol. The summed E-state index contributed by atoms with van der Waals surface area (Å²) in [4.78, 5) is 11.4. The Morgan fingerprint density at radius 2 is 1.94 bits per heavy atom.